The summed E-state index contributed by atoms with van der Waals surface area (Å²) >= 11 is 0. The van der Waals surface area contributed by atoms with E-state index in [0.717, 1.165) is 11.1 Å². The van der Waals surface area contributed by atoms with E-state index in [4.69, 9.17) is 4.52 Å². The van der Waals surface area contributed by atoms with Crippen molar-refractivity contribution in [3.8, 4) is 0 Å². The maximum atomic E-state index is 12.4. The van der Waals surface area contributed by atoms with Crippen LogP contribution in [0.5, 0.6) is 0 Å². The van der Waals surface area contributed by atoms with E-state index < -0.39 is 5.91 Å². The summed E-state index contributed by atoms with van der Waals surface area (Å²) in [5.74, 6) is 0.107. The first kappa shape index (κ1) is 17.3. The zero-order chi connectivity index (χ0) is 18.7. The van der Waals surface area contributed by atoms with Crippen molar-refractivity contribution in [2.75, 3.05) is 10.6 Å². The van der Waals surface area contributed by atoms with E-state index in [1.807, 2.05) is 32.0 Å². The number of benzene rings is 1. The summed E-state index contributed by atoms with van der Waals surface area (Å²) < 4.78 is 4.91. The third-order valence-electron chi connectivity index (χ3n) is 3.89. The Morgan fingerprint density at radius 2 is 1.73 bits per heavy atom. The lowest BCUT2D eigenvalue weighted by Crippen LogP contribution is -2.17. The number of aryl methyl sites for hydroxylation is 3. The molecule has 0 aliphatic heterocycles. The average molecular weight is 350 g/mol. The number of nitrogens with zero attached hydrogens (tertiary/aromatic N) is 2. The molecule has 0 aliphatic rings. The number of rotatable bonds is 4. The number of aromatic nitrogens is 2. The summed E-state index contributed by atoms with van der Waals surface area (Å²) in [7, 11) is 0. The number of anilines is 2. The van der Waals surface area contributed by atoms with Crippen LogP contribution in [-0.2, 0) is 0 Å². The van der Waals surface area contributed by atoms with Crippen LogP contribution in [0.25, 0.3) is 0 Å². The van der Waals surface area contributed by atoms with Gasteiger partial charge in [-0.3, -0.25) is 14.6 Å². The first-order valence-corrected chi connectivity index (χ1v) is 8.02. The average Bonchev–Trinajstić information content (AvgIpc) is 3.03. The molecule has 26 heavy (non-hydrogen) atoms. The van der Waals surface area contributed by atoms with Crippen molar-refractivity contribution in [2.24, 2.45) is 0 Å². The van der Waals surface area contributed by atoms with Gasteiger partial charge in [0.15, 0.2) is 5.82 Å². The Labute approximate surface area is 150 Å². The Hall–Kier alpha value is -3.48. The Morgan fingerprint density at radius 3 is 2.42 bits per heavy atom. The van der Waals surface area contributed by atoms with Crippen LogP contribution in [-0.4, -0.2) is 22.0 Å². The standard InChI is InChI=1S/C19H18N4O3/c1-11-4-5-15(8-12(11)2)21-19(25)16-10-14(6-7-20-16)18(24)22-17-9-13(3)26-23-17/h4-10H,1-3H3,(H,21,25)(H,22,23,24). The van der Waals surface area contributed by atoms with E-state index in [2.05, 4.69) is 20.8 Å². The van der Waals surface area contributed by atoms with Crippen molar-refractivity contribution in [1.29, 1.82) is 0 Å². The van der Waals surface area contributed by atoms with Crippen molar-refractivity contribution in [1.82, 2.24) is 10.1 Å². The van der Waals surface area contributed by atoms with Gasteiger partial charge in [0, 0.05) is 23.5 Å². The summed E-state index contributed by atoms with van der Waals surface area (Å²) in [4.78, 5) is 28.7. The maximum Gasteiger partial charge on any atom is 0.274 e. The van der Waals surface area contributed by atoms with Gasteiger partial charge in [0.2, 0.25) is 0 Å². The van der Waals surface area contributed by atoms with Crippen LogP contribution in [0.2, 0.25) is 0 Å². The molecular formula is C19H18N4O3. The van der Waals surface area contributed by atoms with E-state index in [-0.39, 0.29) is 11.6 Å². The highest BCUT2D eigenvalue weighted by Gasteiger charge is 2.14. The molecule has 7 nitrogen and oxygen atoms in total. The molecule has 0 radical (unpaired) electrons. The highest BCUT2D eigenvalue weighted by atomic mass is 16.5. The summed E-state index contributed by atoms with van der Waals surface area (Å²) in [6.07, 6.45) is 1.41. The zero-order valence-electron chi connectivity index (χ0n) is 14.7. The third kappa shape index (κ3) is 3.94. The summed E-state index contributed by atoms with van der Waals surface area (Å²) in [5, 5.41) is 9.10. The molecule has 0 aliphatic carbocycles. The number of carbonyl (C=O) groups excluding carboxylic acids is 2. The third-order valence-corrected chi connectivity index (χ3v) is 3.89. The molecule has 132 valence electrons. The topological polar surface area (TPSA) is 97.1 Å². The molecule has 2 N–H and O–H groups in total. The SMILES string of the molecule is Cc1cc(NC(=O)c2ccnc(C(=O)Nc3ccc(C)c(C)c3)c2)no1. The molecule has 0 saturated heterocycles. The lowest BCUT2D eigenvalue weighted by Gasteiger charge is -2.08. The Morgan fingerprint density at radius 1 is 0.923 bits per heavy atom. The van der Waals surface area contributed by atoms with Gasteiger partial charge in [-0.05, 0) is 56.2 Å². The van der Waals surface area contributed by atoms with Crippen molar-refractivity contribution < 1.29 is 14.1 Å². The fraction of sp³-hybridized carbons (Fsp3) is 0.158. The fourth-order valence-electron chi connectivity index (χ4n) is 2.32. The van der Waals surface area contributed by atoms with Gasteiger partial charge in [0.25, 0.3) is 11.8 Å². The molecule has 3 rings (SSSR count). The van der Waals surface area contributed by atoms with Gasteiger partial charge in [-0.2, -0.15) is 0 Å². The Balaban J connectivity index is 1.74. The van der Waals surface area contributed by atoms with Crippen LogP contribution in [0.1, 0.15) is 37.7 Å². The molecule has 2 aromatic heterocycles. The maximum absolute atomic E-state index is 12.4. The van der Waals surface area contributed by atoms with Crippen LogP contribution in [0.15, 0.2) is 47.1 Å². The minimum Gasteiger partial charge on any atom is -0.360 e. The van der Waals surface area contributed by atoms with Gasteiger partial charge in [0.1, 0.15) is 11.5 Å². The largest absolute Gasteiger partial charge is 0.360 e. The minimum absolute atomic E-state index is 0.146. The second-order valence-electron chi connectivity index (χ2n) is 5.96. The summed E-state index contributed by atoms with van der Waals surface area (Å²) in [5.41, 5.74) is 3.33. The second kappa shape index (κ2) is 7.18. The van der Waals surface area contributed by atoms with Gasteiger partial charge in [-0.25, -0.2) is 0 Å². The van der Waals surface area contributed by atoms with Gasteiger partial charge >= 0.3 is 0 Å². The lowest BCUT2D eigenvalue weighted by atomic mass is 10.1. The molecule has 2 amide bonds. The van der Waals surface area contributed by atoms with E-state index >= 15 is 0 Å². The lowest BCUT2D eigenvalue weighted by molar-refractivity contribution is 0.102. The smallest absolute Gasteiger partial charge is 0.274 e. The van der Waals surface area contributed by atoms with Crippen molar-refractivity contribution in [3.05, 3.63) is 70.7 Å². The highest BCUT2D eigenvalue weighted by molar-refractivity contribution is 6.07. The van der Waals surface area contributed by atoms with E-state index in [0.29, 0.717) is 22.8 Å². The number of hydrogen-bond acceptors (Lipinski definition) is 5. The van der Waals surface area contributed by atoms with Gasteiger partial charge < -0.3 is 15.2 Å². The van der Waals surface area contributed by atoms with Gasteiger partial charge in [0.05, 0.1) is 0 Å². The molecule has 0 unspecified atom stereocenters. The molecule has 3 aromatic rings. The Kier molecular flexibility index (Phi) is 4.79. The quantitative estimate of drug-likeness (QED) is 0.750. The van der Waals surface area contributed by atoms with Crippen LogP contribution in [0, 0.1) is 20.8 Å². The molecule has 7 heteroatoms. The Bertz CT molecular complexity index is 978. The van der Waals surface area contributed by atoms with E-state index in [9.17, 15) is 9.59 Å². The molecule has 1 aromatic carbocycles. The minimum atomic E-state index is -0.402. The van der Waals surface area contributed by atoms with E-state index in [1.165, 1.54) is 18.3 Å². The van der Waals surface area contributed by atoms with Crippen LogP contribution >= 0.6 is 0 Å². The summed E-state index contributed by atoms with van der Waals surface area (Å²) in [6.45, 7) is 5.70. The zero-order valence-corrected chi connectivity index (χ0v) is 14.7. The highest BCUT2D eigenvalue weighted by Crippen LogP contribution is 2.15. The van der Waals surface area contributed by atoms with E-state index in [1.54, 1.807) is 13.0 Å². The van der Waals surface area contributed by atoms with Gasteiger partial charge in [-0.15, -0.1) is 0 Å². The van der Waals surface area contributed by atoms with Crippen LogP contribution < -0.4 is 10.6 Å². The second-order valence-corrected chi connectivity index (χ2v) is 5.96. The molecule has 0 fully saturated rings. The van der Waals surface area contributed by atoms with Crippen molar-refractivity contribution in [2.45, 2.75) is 20.8 Å². The van der Waals surface area contributed by atoms with Gasteiger partial charge in [-0.1, -0.05) is 11.2 Å². The fourth-order valence-corrected chi connectivity index (χ4v) is 2.32. The monoisotopic (exact) mass is 350 g/mol. The predicted octanol–water partition coefficient (Wildman–Crippen LogP) is 3.50. The number of nitrogens with one attached hydrogen (secondary N) is 2. The number of pyridine rings is 1. The first-order valence-electron chi connectivity index (χ1n) is 8.02. The molecule has 0 saturated carbocycles. The van der Waals surface area contributed by atoms with Crippen LogP contribution in [0.3, 0.4) is 0 Å². The number of amides is 2. The number of hydrogen-bond donors (Lipinski definition) is 2. The molecule has 0 spiro atoms. The molecule has 0 atom stereocenters. The van der Waals surface area contributed by atoms with Crippen molar-refractivity contribution >= 4 is 23.3 Å². The first-order chi connectivity index (χ1) is 12.4. The normalized spacial score (nSPS) is 10.4. The molecular weight excluding hydrogens is 332 g/mol. The molecule has 2 heterocycles. The van der Waals surface area contributed by atoms with Crippen LogP contribution in [0.4, 0.5) is 11.5 Å². The predicted molar refractivity (Wildman–Crippen MR) is 97.3 cm³/mol. The number of carbonyl (C=O) groups is 2. The van der Waals surface area contributed by atoms with Crippen molar-refractivity contribution in [3.63, 3.8) is 0 Å². The molecule has 0 bridgehead atoms. The summed E-state index contributed by atoms with van der Waals surface area (Å²) in [6, 6.07) is 10.2.